The van der Waals surface area contributed by atoms with Crippen LogP contribution in [0.3, 0.4) is 0 Å². The Morgan fingerprint density at radius 3 is 2.55 bits per heavy atom. The number of rotatable bonds is 2. The number of hydrogen-bond donors (Lipinski definition) is 2. The number of hydrogen-bond acceptors (Lipinski definition) is 4. The number of carbonyl (C=O) groups is 2. The monoisotopic (exact) mass is 277 g/mol. The van der Waals surface area contributed by atoms with Crippen molar-refractivity contribution in [2.45, 2.75) is 19.4 Å². The Hall–Kier alpha value is -2.24. The van der Waals surface area contributed by atoms with Crippen molar-refractivity contribution in [2.75, 3.05) is 30.8 Å². The summed E-state index contributed by atoms with van der Waals surface area (Å²) in [6, 6.07) is 4.60. The number of piperazine rings is 1. The zero-order valence-electron chi connectivity index (χ0n) is 11.9. The van der Waals surface area contributed by atoms with Crippen LogP contribution in [0, 0.1) is 0 Å². The van der Waals surface area contributed by atoms with Crippen molar-refractivity contribution < 1.29 is 14.7 Å². The predicted molar refractivity (Wildman–Crippen MR) is 76.9 cm³/mol. The lowest BCUT2D eigenvalue weighted by molar-refractivity contribution is -0.136. The van der Waals surface area contributed by atoms with E-state index in [4.69, 9.17) is 10.8 Å². The average molecular weight is 277 g/mol. The van der Waals surface area contributed by atoms with Crippen molar-refractivity contribution in [3.63, 3.8) is 0 Å². The molecule has 0 saturated carbocycles. The third kappa shape index (κ3) is 2.17. The van der Waals surface area contributed by atoms with E-state index >= 15 is 0 Å². The highest BCUT2D eigenvalue weighted by atomic mass is 16.4. The molecular weight excluding hydrogens is 258 g/mol. The lowest BCUT2D eigenvalue weighted by atomic mass is 9.96. The van der Waals surface area contributed by atoms with Crippen molar-refractivity contribution >= 4 is 23.3 Å². The van der Waals surface area contributed by atoms with Gasteiger partial charge >= 0.3 is 5.97 Å². The van der Waals surface area contributed by atoms with Crippen LogP contribution >= 0.6 is 0 Å². The molecule has 6 heteroatoms. The summed E-state index contributed by atoms with van der Waals surface area (Å²) in [4.78, 5) is 26.8. The molecule has 1 aliphatic heterocycles. The Balaban J connectivity index is 2.41. The van der Waals surface area contributed by atoms with Crippen molar-refractivity contribution in [3.05, 3.63) is 23.8 Å². The van der Waals surface area contributed by atoms with Gasteiger partial charge in [0.25, 0.3) is 0 Å². The number of nitrogens with zero attached hydrogens (tertiary/aromatic N) is 2. The number of anilines is 2. The van der Waals surface area contributed by atoms with Gasteiger partial charge < -0.3 is 20.6 Å². The van der Waals surface area contributed by atoms with Gasteiger partial charge in [0.15, 0.2) is 0 Å². The van der Waals surface area contributed by atoms with Gasteiger partial charge in [-0.1, -0.05) is 0 Å². The van der Waals surface area contributed by atoms with Gasteiger partial charge in [-0.15, -0.1) is 0 Å². The molecular formula is C14H19N3O3. The highest BCUT2D eigenvalue weighted by Gasteiger charge is 2.41. The molecule has 1 aliphatic rings. The molecule has 1 aromatic carbocycles. The molecule has 108 valence electrons. The van der Waals surface area contributed by atoms with Gasteiger partial charge in [0.2, 0.25) is 5.91 Å². The second kappa shape index (κ2) is 4.70. The van der Waals surface area contributed by atoms with E-state index < -0.39 is 11.5 Å². The van der Waals surface area contributed by atoms with Crippen LogP contribution < -0.4 is 10.6 Å². The molecule has 0 aliphatic carbocycles. The van der Waals surface area contributed by atoms with E-state index in [1.54, 1.807) is 18.0 Å². The van der Waals surface area contributed by atoms with Crippen LogP contribution in [0.5, 0.6) is 0 Å². The molecule has 0 atom stereocenters. The Morgan fingerprint density at radius 1 is 1.35 bits per heavy atom. The fraction of sp³-hybridized carbons (Fsp3) is 0.429. The summed E-state index contributed by atoms with van der Waals surface area (Å²) in [5.41, 5.74) is 6.47. The standard InChI is InChI=1S/C14H19N3O3/c1-14(2)13(20)16(3)6-7-17(14)11-5-4-9(12(18)19)8-10(11)15/h4-5,8H,6-7,15H2,1-3H3,(H,18,19). The minimum atomic E-state index is -1.02. The number of carboxylic acids is 1. The first-order valence-electron chi connectivity index (χ1n) is 6.41. The van der Waals surface area contributed by atoms with E-state index in [2.05, 4.69) is 0 Å². The molecule has 6 nitrogen and oxygen atoms in total. The van der Waals surface area contributed by atoms with E-state index in [0.717, 1.165) is 0 Å². The van der Waals surface area contributed by atoms with Crippen LogP contribution in [0.1, 0.15) is 24.2 Å². The van der Waals surface area contributed by atoms with E-state index in [9.17, 15) is 9.59 Å². The van der Waals surface area contributed by atoms with Gasteiger partial charge in [-0.3, -0.25) is 4.79 Å². The lowest BCUT2D eigenvalue weighted by Crippen LogP contribution is -2.62. The first kappa shape index (κ1) is 14.2. The van der Waals surface area contributed by atoms with Gasteiger partial charge in [-0.2, -0.15) is 0 Å². The van der Waals surface area contributed by atoms with E-state index in [0.29, 0.717) is 24.5 Å². The van der Waals surface area contributed by atoms with Crippen LogP contribution in [0.25, 0.3) is 0 Å². The molecule has 0 unspecified atom stereocenters. The van der Waals surface area contributed by atoms with Crippen LogP contribution in [-0.2, 0) is 4.79 Å². The maximum Gasteiger partial charge on any atom is 0.335 e. The topological polar surface area (TPSA) is 86.9 Å². The quantitative estimate of drug-likeness (QED) is 0.788. The second-order valence-corrected chi connectivity index (χ2v) is 5.52. The van der Waals surface area contributed by atoms with Crippen molar-refractivity contribution in [1.29, 1.82) is 0 Å². The fourth-order valence-electron chi connectivity index (χ4n) is 2.57. The molecule has 0 radical (unpaired) electrons. The average Bonchev–Trinajstić information content (AvgIpc) is 2.37. The van der Waals surface area contributed by atoms with E-state index in [-0.39, 0.29) is 11.5 Å². The first-order chi connectivity index (χ1) is 9.25. The lowest BCUT2D eigenvalue weighted by Gasteiger charge is -2.46. The Bertz CT molecular complexity index is 569. The molecule has 20 heavy (non-hydrogen) atoms. The summed E-state index contributed by atoms with van der Waals surface area (Å²) in [7, 11) is 1.78. The highest BCUT2D eigenvalue weighted by Crippen LogP contribution is 2.33. The SMILES string of the molecule is CN1CCN(c2ccc(C(=O)O)cc2N)C(C)(C)C1=O. The minimum Gasteiger partial charge on any atom is -0.478 e. The molecule has 1 fully saturated rings. The third-order valence-electron chi connectivity index (χ3n) is 3.77. The summed E-state index contributed by atoms with van der Waals surface area (Å²) in [6.07, 6.45) is 0. The number of carbonyl (C=O) groups excluding carboxylic acids is 1. The van der Waals surface area contributed by atoms with Gasteiger partial charge in [0, 0.05) is 20.1 Å². The number of nitrogen functional groups attached to an aromatic ring is 1. The van der Waals surface area contributed by atoms with Gasteiger partial charge in [-0.05, 0) is 32.0 Å². The number of amides is 1. The molecule has 1 aromatic rings. The molecule has 0 aromatic heterocycles. The van der Waals surface area contributed by atoms with Gasteiger partial charge in [0.05, 0.1) is 16.9 Å². The van der Waals surface area contributed by atoms with Crippen LogP contribution in [0.2, 0.25) is 0 Å². The van der Waals surface area contributed by atoms with E-state index in [1.807, 2.05) is 18.7 Å². The summed E-state index contributed by atoms with van der Waals surface area (Å²) in [5.74, 6) is -0.998. The normalized spacial score (nSPS) is 18.2. The molecule has 0 bridgehead atoms. The highest BCUT2D eigenvalue weighted by molar-refractivity contribution is 5.94. The smallest absolute Gasteiger partial charge is 0.335 e. The summed E-state index contributed by atoms with van der Waals surface area (Å²) in [5, 5.41) is 8.96. The summed E-state index contributed by atoms with van der Waals surface area (Å²) >= 11 is 0. The number of carboxylic acid groups (broad SMARTS) is 1. The van der Waals surface area contributed by atoms with Gasteiger partial charge in [-0.25, -0.2) is 4.79 Å². The van der Waals surface area contributed by atoms with Crippen LogP contribution in [-0.4, -0.2) is 47.6 Å². The molecule has 1 amide bonds. The van der Waals surface area contributed by atoms with Crippen molar-refractivity contribution in [2.24, 2.45) is 0 Å². The second-order valence-electron chi connectivity index (χ2n) is 5.52. The Morgan fingerprint density at radius 2 is 2.00 bits per heavy atom. The fourth-order valence-corrected chi connectivity index (χ4v) is 2.57. The molecule has 0 spiro atoms. The number of nitrogens with two attached hydrogens (primary N) is 1. The van der Waals surface area contributed by atoms with Crippen molar-refractivity contribution in [3.8, 4) is 0 Å². The van der Waals surface area contributed by atoms with Crippen molar-refractivity contribution in [1.82, 2.24) is 4.90 Å². The minimum absolute atomic E-state index is 0.0189. The molecule has 1 heterocycles. The maximum absolute atomic E-state index is 12.3. The van der Waals surface area contributed by atoms with E-state index in [1.165, 1.54) is 12.1 Å². The third-order valence-corrected chi connectivity index (χ3v) is 3.77. The predicted octanol–water partition coefficient (Wildman–Crippen LogP) is 1.02. The molecule has 2 rings (SSSR count). The van der Waals surface area contributed by atoms with Crippen LogP contribution in [0.4, 0.5) is 11.4 Å². The summed E-state index contributed by atoms with van der Waals surface area (Å²) < 4.78 is 0. The first-order valence-corrected chi connectivity index (χ1v) is 6.41. The largest absolute Gasteiger partial charge is 0.478 e. The number of likely N-dealkylation sites (N-methyl/N-ethyl adjacent to an activating group) is 1. The Labute approximate surface area is 117 Å². The number of aromatic carboxylic acids is 1. The number of benzene rings is 1. The zero-order valence-corrected chi connectivity index (χ0v) is 11.9. The summed E-state index contributed by atoms with van der Waals surface area (Å²) in [6.45, 7) is 4.96. The van der Waals surface area contributed by atoms with Gasteiger partial charge in [0.1, 0.15) is 5.54 Å². The molecule has 1 saturated heterocycles. The zero-order chi connectivity index (χ0) is 15.1. The van der Waals surface area contributed by atoms with Crippen LogP contribution in [0.15, 0.2) is 18.2 Å². The molecule has 3 N–H and O–H groups in total. The Kier molecular flexibility index (Phi) is 3.33. The maximum atomic E-state index is 12.3.